The van der Waals surface area contributed by atoms with Gasteiger partial charge in [0.15, 0.2) is 0 Å². The smallest absolute Gasteiger partial charge is 0.0931 e. The van der Waals surface area contributed by atoms with Crippen LogP contribution in [0.3, 0.4) is 0 Å². The molecule has 1 N–H and O–H groups in total. The van der Waals surface area contributed by atoms with Gasteiger partial charge < -0.3 is 5.32 Å². The van der Waals surface area contributed by atoms with Crippen molar-refractivity contribution in [3.05, 3.63) is 21.3 Å². The zero-order valence-electron chi connectivity index (χ0n) is 11.8. The number of thiophene rings is 1. The van der Waals surface area contributed by atoms with Crippen molar-refractivity contribution in [2.45, 2.75) is 45.4 Å². The molecule has 3 atom stereocenters. The average Bonchev–Trinajstić information content (AvgIpc) is 3.06. The number of hydrogen-bond acceptors (Lipinski definition) is 2. The highest BCUT2D eigenvalue weighted by molar-refractivity contribution is 7.16. The van der Waals surface area contributed by atoms with Crippen LogP contribution in [0.5, 0.6) is 0 Å². The predicted molar refractivity (Wildman–Crippen MR) is 84.1 cm³/mol. The minimum absolute atomic E-state index is 0.520. The first kappa shape index (κ1) is 13.9. The fourth-order valence-corrected chi connectivity index (χ4v) is 5.60. The Hall–Kier alpha value is -0.0500. The summed E-state index contributed by atoms with van der Waals surface area (Å²) in [6, 6.07) is 4.29. The minimum Gasteiger partial charge on any atom is -0.316 e. The Morgan fingerprint density at radius 1 is 1.42 bits per heavy atom. The molecule has 1 nitrogen and oxygen atoms in total. The van der Waals surface area contributed by atoms with Crippen LogP contribution >= 0.6 is 22.9 Å². The fourth-order valence-electron chi connectivity index (χ4n) is 4.36. The predicted octanol–water partition coefficient (Wildman–Crippen LogP) is 4.75. The van der Waals surface area contributed by atoms with Crippen LogP contribution in [-0.2, 0) is 6.42 Å². The number of fused-ring (bicyclic) bond motifs is 2. The molecule has 1 heterocycles. The normalized spacial score (nSPS) is 33.2. The van der Waals surface area contributed by atoms with Crippen molar-refractivity contribution in [1.82, 2.24) is 5.32 Å². The van der Waals surface area contributed by atoms with E-state index in [9.17, 15) is 0 Å². The van der Waals surface area contributed by atoms with Crippen LogP contribution in [0.2, 0.25) is 4.34 Å². The lowest BCUT2D eigenvalue weighted by Gasteiger charge is -2.38. The zero-order chi connectivity index (χ0) is 13.3. The van der Waals surface area contributed by atoms with Gasteiger partial charge in [-0.05, 0) is 68.0 Å². The molecule has 2 aliphatic carbocycles. The monoisotopic (exact) mass is 297 g/mol. The molecule has 2 fully saturated rings. The van der Waals surface area contributed by atoms with Crippen LogP contribution in [0.4, 0.5) is 0 Å². The van der Waals surface area contributed by atoms with E-state index in [2.05, 4.69) is 24.4 Å². The lowest BCUT2D eigenvalue weighted by Crippen LogP contribution is -2.40. The summed E-state index contributed by atoms with van der Waals surface area (Å²) in [6.45, 7) is 4.61. The molecule has 106 valence electrons. The van der Waals surface area contributed by atoms with Crippen LogP contribution in [0.1, 0.15) is 43.9 Å². The second-order valence-corrected chi connectivity index (χ2v) is 8.30. The summed E-state index contributed by atoms with van der Waals surface area (Å²) >= 11 is 7.88. The van der Waals surface area contributed by atoms with E-state index in [-0.39, 0.29) is 0 Å². The first-order valence-corrected chi connectivity index (χ1v) is 8.86. The Balaban J connectivity index is 1.73. The van der Waals surface area contributed by atoms with Crippen molar-refractivity contribution >= 4 is 22.9 Å². The molecule has 3 rings (SSSR count). The first-order chi connectivity index (χ1) is 9.22. The maximum absolute atomic E-state index is 6.10. The van der Waals surface area contributed by atoms with Gasteiger partial charge in [0.05, 0.1) is 4.34 Å². The summed E-state index contributed by atoms with van der Waals surface area (Å²) in [5.74, 6) is 1.95. The van der Waals surface area contributed by atoms with Gasteiger partial charge in [-0.3, -0.25) is 0 Å². The van der Waals surface area contributed by atoms with E-state index >= 15 is 0 Å². The molecule has 1 aromatic rings. The van der Waals surface area contributed by atoms with Crippen LogP contribution < -0.4 is 5.32 Å². The van der Waals surface area contributed by atoms with Gasteiger partial charge in [-0.2, -0.15) is 0 Å². The molecule has 2 bridgehead atoms. The molecular weight excluding hydrogens is 274 g/mol. The number of nitrogens with one attached hydrogen (secondary N) is 1. The fraction of sp³-hybridized carbons (Fsp3) is 0.750. The van der Waals surface area contributed by atoms with Gasteiger partial charge in [0, 0.05) is 11.4 Å². The molecule has 0 aromatic carbocycles. The second kappa shape index (κ2) is 5.75. The molecule has 2 saturated carbocycles. The molecule has 3 unspecified atom stereocenters. The second-order valence-electron chi connectivity index (χ2n) is 6.50. The van der Waals surface area contributed by atoms with Crippen molar-refractivity contribution in [3.63, 3.8) is 0 Å². The lowest BCUT2D eigenvalue weighted by molar-refractivity contribution is 0.158. The molecular formula is C16H24ClNS. The van der Waals surface area contributed by atoms with E-state index in [0.29, 0.717) is 5.41 Å². The number of rotatable bonds is 6. The Kier molecular flexibility index (Phi) is 4.21. The Labute approximate surface area is 125 Å². The third-order valence-electron chi connectivity index (χ3n) is 5.16. The van der Waals surface area contributed by atoms with E-state index in [1.54, 1.807) is 11.3 Å². The molecule has 0 amide bonds. The highest BCUT2D eigenvalue weighted by atomic mass is 35.5. The molecule has 2 aliphatic rings. The Morgan fingerprint density at radius 2 is 2.32 bits per heavy atom. The highest BCUT2D eigenvalue weighted by Gasteiger charge is 2.50. The number of hydrogen-bond donors (Lipinski definition) is 1. The maximum atomic E-state index is 6.10. The minimum atomic E-state index is 0.520. The summed E-state index contributed by atoms with van der Waals surface area (Å²) in [5, 5.41) is 3.70. The van der Waals surface area contributed by atoms with Gasteiger partial charge >= 0.3 is 0 Å². The van der Waals surface area contributed by atoms with E-state index in [4.69, 9.17) is 11.6 Å². The Morgan fingerprint density at radius 3 is 2.89 bits per heavy atom. The van der Waals surface area contributed by atoms with E-state index in [1.165, 1.54) is 49.9 Å². The van der Waals surface area contributed by atoms with Gasteiger partial charge in [0.25, 0.3) is 0 Å². The highest BCUT2D eigenvalue weighted by Crippen LogP contribution is 2.57. The summed E-state index contributed by atoms with van der Waals surface area (Å²) < 4.78 is 0.940. The van der Waals surface area contributed by atoms with Crippen LogP contribution in [-0.4, -0.2) is 13.1 Å². The maximum Gasteiger partial charge on any atom is 0.0931 e. The van der Waals surface area contributed by atoms with Crippen LogP contribution in [0.15, 0.2) is 12.1 Å². The SMILES string of the molecule is CCCNCC1(Cc2ccc(Cl)s2)CC2CCC1C2. The van der Waals surface area contributed by atoms with Crippen LogP contribution in [0.25, 0.3) is 0 Å². The van der Waals surface area contributed by atoms with Crippen molar-refractivity contribution < 1.29 is 0 Å². The van der Waals surface area contributed by atoms with Gasteiger partial charge in [-0.25, -0.2) is 0 Å². The number of halogens is 1. The average molecular weight is 298 g/mol. The van der Waals surface area contributed by atoms with Crippen LogP contribution in [0, 0.1) is 17.3 Å². The topological polar surface area (TPSA) is 12.0 Å². The van der Waals surface area contributed by atoms with Gasteiger partial charge in [-0.1, -0.05) is 24.9 Å². The van der Waals surface area contributed by atoms with Crippen molar-refractivity contribution in [1.29, 1.82) is 0 Å². The van der Waals surface area contributed by atoms with Crippen molar-refractivity contribution in [3.8, 4) is 0 Å². The third kappa shape index (κ3) is 2.86. The molecule has 1 aromatic heterocycles. The molecule has 3 heteroatoms. The van der Waals surface area contributed by atoms with E-state index < -0.39 is 0 Å². The largest absolute Gasteiger partial charge is 0.316 e. The molecule has 0 aliphatic heterocycles. The summed E-state index contributed by atoms with van der Waals surface area (Å²) in [5.41, 5.74) is 0.520. The van der Waals surface area contributed by atoms with E-state index in [0.717, 1.165) is 22.7 Å². The molecule has 19 heavy (non-hydrogen) atoms. The molecule has 0 saturated heterocycles. The lowest BCUT2D eigenvalue weighted by atomic mass is 9.70. The standard InChI is InChI=1S/C16H24ClNS/c1-2-7-18-11-16(9-12-3-4-13(16)8-12)10-14-5-6-15(17)19-14/h5-6,12-13,18H,2-4,7-11H2,1H3. The van der Waals surface area contributed by atoms with E-state index in [1.807, 2.05) is 0 Å². The third-order valence-corrected chi connectivity index (χ3v) is 6.39. The van der Waals surface area contributed by atoms with Gasteiger partial charge in [0.1, 0.15) is 0 Å². The Bertz CT molecular complexity index is 430. The van der Waals surface area contributed by atoms with Gasteiger partial charge in [-0.15, -0.1) is 11.3 Å². The van der Waals surface area contributed by atoms with Gasteiger partial charge in [0.2, 0.25) is 0 Å². The molecule has 0 spiro atoms. The molecule has 0 radical (unpaired) electrons. The first-order valence-electron chi connectivity index (χ1n) is 7.67. The van der Waals surface area contributed by atoms with Crippen molar-refractivity contribution in [2.75, 3.05) is 13.1 Å². The quantitative estimate of drug-likeness (QED) is 0.747. The zero-order valence-corrected chi connectivity index (χ0v) is 13.3. The van der Waals surface area contributed by atoms with Crippen molar-refractivity contribution in [2.24, 2.45) is 17.3 Å². The summed E-state index contributed by atoms with van der Waals surface area (Å²) in [6.07, 6.45) is 8.32. The summed E-state index contributed by atoms with van der Waals surface area (Å²) in [7, 11) is 0. The summed E-state index contributed by atoms with van der Waals surface area (Å²) in [4.78, 5) is 1.48.